The molecule has 1 aromatic heterocycles. The van der Waals surface area contributed by atoms with Crippen LogP contribution in [-0.4, -0.2) is 22.6 Å². The minimum absolute atomic E-state index is 0.0210. The van der Waals surface area contributed by atoms with Gasteiger partial charge in [-0.05, 0) is 48.9 Å². The summed E-state index contributed by atoms with van der Waals surface area (Å²) in [5.41, 5.74) is 0.921. The Morgan fingerprint density at radius 2 is 1.96 bits per heavy atom. The highest BCUT2D eigenvalue weighted by atomic mass is 16.5. The van der Waals surface area contributed by atoms with Crippen LogP contribution >= 0.6 is 0 Å². The topological polar surface area (TPSA) is 92.3 Å². The van der Waals surface area contributed by atoms with Crippen LogP contribution < -0.4 is 10.3 Å². The Labute approximate surface area is 155 Å². The third-order valence-corrected chi connectivity index (χ3v) is 4.13. The summed E-state index contributed by atoms with van der Waals surface area (Å²) in [6.07, 6.45) is 1.37. The molecule has 3 rings (SSSR count). The van der Waals surface area contributed by atoms with Gasteiger partial charge in [0.1, 0.15) is 23.1 Å². The quantitative estimate of drug-likeness (QED) is 0.722. The molecule has 0 saturated heterocycles. The van der Waals surface area contributed by atoms with Crippen LogP contribution in [0, 0.1) is 18.3 Å². The van der Waals surface area contributed by atoms with Crippen molar-refractivity contribution in [3.63, 3.8) is 0 Å². The van der Waals surface area contributed by atoms with Gasteiger partial charge in [-0.15, -0.1) is 0 Å². The fraction of sp³-hybridized carbons (Fsp3) is 0.0952. The summed E-state index contributed by atoms with van der Waals surface area (Å²) in [5.74, 6) is -0.333. The molecule has 0 saturated carbocycles. The van der Waals surface area contributed by atoms with Crippen molar-refractivity contribution in [2.45, 2.75) is 6.92 Å². The molecule has 0 radical (unpaired) electrons. The highest BCUT2D eigenvalue weighted by Crippen LogP contribution is 2.25. The van der Waals surface area contributed by atoms with Gasteiger partial charge in [0.2, 0.25) is 0 Å². The molecular formula is C21H16N2O4. The Morgan fingerprint density at radius 3 is 2.63 bits per heavy atom. The number of hydrogen-bond acceptors (Lipinski definition) is 5. The lowest BCUT2D eigenvalue weighted by atomic mass is 10.0. The standard InChI is InChI=1S/C21H16N2O4/c1-13-4-3-5-16(8-13)23-12-15(9-14(11-22)21(23)26)20(25)18-10-17(27-2)6-7-19(18)24/h3-10,12,24H,1-2H3. The maximum absolute atomic E-state index is 12.9. The van der Waals surface area contributed by atoms with E-state index in [1.165, 1.54) is 42.1 Å². The first-order valence-corrected chi connectivity index (χ1v) is 8.10. The number of pyridine rings is 1. The maximum Gasteiger partial charge on any atom is 0.273 e. The predicted octanol–water partition coefficient (Wildman–Crippen LogP) is 2.96. The molecule has 3 aromatic rings. The van der Waals surface area contributed by atoms with E-state index in [0.29, 0.717) is 11.4 Å². The average Bonchev–Trinajstić information content (AvgIpc) is 2.68. The van der Waals surface area contributed by atoms with E-state index in [0.717, 1.165) is 5.56 Å². The predicted molar refractivity (Wildman–Crippen MR) is 99.6 cm³/mol. The Bertz CT molecular complexity index is 1140. The second kappa shape index (κ2) is 7.18. The zero-order valence-electron chi connectivity index (χ0n) is 14.8. The molecule has 27 heavy (non-hydrogen) atoms. The van der Waals surface area contributed by atoms with E-state index < -0.39 is 11.3 Å². The summed E-state index contributed by atoms with van der Waals surface area (Å²) in [7, 11) is 1.45. The number of phenolic OH excluding ortho intramolecular Hbond substituents is 1. The number of ether oxygens (including phenoxy) is 1. The largest absolute Gasteiger partial charge is 0.507 e. The Kier molecular flexibility index (Phi) is 4.77. The van der Waals surface area contributed by atoms with Crippen molar-refractivity contribution in [2.24, 2.45) is 0 Å². The number of nitriles is 1. The summed E-state index contributed by atoms with van der Waals surface area (Å²) in [5, 5.41) is 19.4. The number of benzene rings is 2. The second-order valence-corrected chi connectivity index (χ2v) is 5.98. The Hall–Kier alpha value is -3.85. The van der Waals surface area contributed by atoms with Crippen molar-refractivity contribution in [3.8, 4) is 23.3 Å². The normalized spacial score (nSPS) is 10.3. The molecule has 0 aliphatic carbocycles. The van der Waals surface area contributed by atoms with Crippen LogP contribution in [0.25, 0.3) is 5.69 Å². The molecule has 134 valence electrons. The number of phenols is 1. The van der Waals surface area contributed by atoms with Gasteiger partial charge in [0.05, 0.1) is 12.7 Å². The molecule has 0 unspecified atom stereocenters. The number of aromatic hydroxyl groups is 1. The number of nitrogens with zero attached hydrogens (tertiary/aromatic N) is 2. The minimum Gasteiger partial charge on any atom is -0.507 e. The fourth-order valence-electron chi connectivity index (χ4n) is 2.74. The third-order valence-electron chi connectivity index (χ3n) is 4.13. The van der Waals surface area contributed by atoms with Gasteiger partial charge in [0, 0.05) is 17.4 Å². The number of hydrogen-bond donors (Lipinski definition) is 1. The first-order valence-electron chi connectivity index (χ1n) is 8.10. The van der Waals surface area contributed by atoms with Gasteiger partial charge in [0.15, 0.2) is 5.78 Å². The molecule has 1 heterocycles. The van der Waals surface area contributed by atoms with Crippen molar-refractivity contribution >= 4 is 5.78 Å². The molecule has 6 heteroatoms. The van der Waals surface area contributed by atoms with E-state index in [-0.39, 0.29) is 22.4 Å². The number of carbonyl (C=O) groups is 1. The maximum atomic E-state index is 12.9. The van der Waals surface area contributed by atoms with E-state index in [4.69, 9.17) is 4.74 Å². The SMILES string of the molecule is COc1ccc(O)c(C(=O)c2cc(C#N)c(=O)n(-c3cccc(C)c3)c2)c1. The van der Waals surface area contributed by atoms with E-state index in [1.807, 2.05) is 19.1 Å². The fourth-order valence-corrected chi connectivity index (χ4v) is 2.74. The number of methoxy groups -OCH3 is 1. The molecule has 0 amide bonds. The number of carbonyl (C=O) groups excluding carboxylic acids is 1. The lowest BCUT2D eigenvalue weighted by molar-refractivity contribution is 0.103. The summed E-state index contributed by atoms with van der Waals surface area (Å²) in [4.78, 5) is 25.5. The molecule has 1 N–H and O–H groups in total. The van der Waals surface area contributed by atoms with Crippen molar-refractivity contribution in [2.75, 3.05) is 7.11 Å². The zero-order chi connectivity index (χ0) is 19.6. The molecular weight excluding hydrogens is 344 g/mol. The van der Waals surface area contributed by atoms with Crippen LogP contribution in [0.15, 0.2) is 59.5 Å². The van der Waals surface area contributed by atoms with Crippen LogP contribution in [0.3, 0.4) is 0 Å². The molecule has 6 nitrogen and oxygen atoms in total. The molecule has 2 aromatic carbocycles. The Balaban J connectivity index is 2.20. The smallest absolute Gasteiger partial charge is 0.273 e. The number of ketones is 1. The van der Waals surface area contributed by atoms with Crippen LogP contribution in [0.2, 0.25) is 0 Å². The lowest BCUT2D eigenvalue weighted by Gasteiger charge is -2.11. The van der Waals surface area contributed by atoms with Crippen LogP contribution in [-0.2, 0) is 0 Å². The third kappa shape index (κ3) is 3.44. The van der Waals surface area contributed by atoms with Gasteiger partial charge in [-0.25, -0.2) is 0 Å². The highest BCUT2D eigenvalue weighted by Gasteiger charge is 2.18. The number of aryl methyl sites for hydroxylation is 1. The van der Waals surface area contributed by atoms with Crippen LogP contribution in [0.4, 0.5) is 0 Å². The highest BCUT2D eigenvalue weighted by molar-refractivity contribution is 6.10. The summed E-state index contributed by atoms with van der Waals surface area (Å²) in [6.45, 7) is 1.88. The first kappa shape index (κ1) is 18.0. The average molecular weight is 360 g/mol. The van der Waals surface area contributed by atoms with Gasteiger partial charge in [-0.2, -0.15) is 5.26 Å². The number of rotatable bonds is 4. The molecule has 0 aliphatic rings. The summed E-state index contributed by atoms with van der Waals surface area (Å²) in [6, 6.07) is 14.5. The van der Waals surface area contributed by atoms with E-state index in [9.17, 15) is 20.0 Å². The van der Waals surface area contributed by atoms with Crippen molar-refractivity contribution in [3.05, 3.63) is 87.3 Å². The molecule has 0 aliphatic heterocycles. The van der Waals surface area contributed by atoms with Gasteiger partial charge in [-0.3, -0.25) is 14.2 Å². The van der Waals surface area contributed by atoms with Crippen molar-refractivity contribution in [1.82, 2.24) is 4.57 Å². The van der Waals surface area contributed by atoms with Gasteiger partial charge >= 0.3 is 0 Å². The van der Waals surface area contributed by atoms with Gasteiger partial charge < -0.3 is 9.84 Å². The molecule has 0 spiro atoms. The Morgan fingerprint density at radius 1 is 1.19 bits per heavy atom. The van der Waals surface area contributed by atoms with Gasteiger partial charge in [0.25, 0.3) is 5.56 Å². The second-order valence-electron chi connectivity index (χ2n) is 5.98. The van der Waals surface area contributed by atoms with Crippen LogP contribution in [0.1, 0.15) is 27.0 Å². The van der Waals surface area contributed by atoms with E-state index in [1.54, 1.807) is 18.2 Å². The molecule has 0 fully saturated rings. The molecule has 0 bridgehead atoms. The van der Waals surface area contributed by atoms with Crippen LogP contribution in [0.5, 0.6) is 11.5 Å². The summed E-state index contributed by atoms with van der Waals surface area (Å²) < 4.78 is 6.36. The van der Waals surface area contributed by atoms with Gasteiger partial charge in [-0.1, -0.05) is 12.1 Å². The first-order chi connectivity index (χ1) is 12.9. The lowest BCUT2D eigenvalue weighted by Crippen LogP contribution is -2.22. The minimum atomic E-state index is -0.524. The monoisotopic (exact) mass is 360 g/mol. The zero-order valence-corrected chi connectivity index (χ0v) is 14.8. The number of aromatic nitrogens is 1. The van der Waals surface area contributed by atoms with E-state index >= 15 is 0 Å². The van der Waals surface area contributed by atoms with E-state index in [2.05, 4.69) is 0 Å². The van der Waals surface area contributed by atoms with Crippen molar-refractivity contribution in [1.29, 1.82) is 5.26 Å². The molecule has 0 atom stereocenters. The summed E-state index contributed by atoms with van der Waals surface area (Å²) >= 11 is 0. The van der Waals surface area contributed by atoms with Crippen molar-refractivity contribution < 1.29 is 14.6 Å².